The van der Waals surface area contributed by atoms with Crippen molar-refractivity contribution in [2.45, 2.75) is 0 Å². The first-order chi connectivity index (χ1) is 6.86. The van der Waals surface area contributed by atoms with Crippen LogP contribution >= 0.6 is 0 Å². The van der Waals surface area contributed by atoms with Crippen LogP contribution in [0.1, 0.15) is 0 Å². The van der Waals surface area contributed by atoms with E-state index in [1.165, 1.54) is 0 Å². The number of carbonyl (C=O) groups excluding carboxylic acids is 1. The summed E-state index contributed by atoms with van der Waals surface area (Å²) in [7, 11) is 0. The third-order valence-electron chi connectivity index (χ3n) is 2.83. The normalized spacial score (nSPS) is 24.6. The van der Waals surface area contributed by atoms with E-state index in [4.69, 9.17) is 0 Å². The third kappa shape index (κ3) is 2.43. The van der Waals surface area contributed by atoms with Crippen LogP contribution in [0.25, 0.3) is 0 Å². The molecule has 0 spiro atoms. The zero-order chi connectivity index (χ0) is 9.80. The van der Waals surface area contributed by atoms with Gasteiger partial charge in [-0.05, 0) is 0 Å². The van der Waals surface area contributed by atoms with E-state index in [1.54, 1.807) is 0 Å². The summed E-state index contributed by atoms with van der Waals surface area (Å²) in [5.74, 6) is 0.236. The molecule has 0 aromatic rings. The predicted octanol–water partition coefficient (Wildman–Crippen LogP) is -1.72. The fourth-order valence-corrected chi connectivity index (χ4v) is 1.90. The summed E-state index contributed by atoms with van der Waals surface area (Å²) in [5, 5.41) is 6.37. The molecule has 0 bridgehead atoms. The van der Waals surface area contributed by atoms with Crippen LogP contribution in [-0.4, -0.2) is 68.2 Å². The molecule has 2 N–H and O–H groups in total. The average molecular weight is 198 g/mol. The van der Waals surface area contributed by atoms with Crippen LogP contribution in [0.5, 0.6) is 0 Å². The third-order valence-corrected chi connectivity index (χ3v) is 2.83. The summed E-state index contributed by atoms with van der Waals surface area (Å²) in [4.78, 5) is 15.6. The number of nitrogens with zero attached hydrogens (tertiary/aromatic N) is 2. The summed E-state index contributed by atoms with van der Waals surface area (Å²) in [6.45, 7) is 7.48. The lowest BCUT2D eigenvalue weighted by molar-refractivity contribution is -0.126. The second-order valence-electron chi connectivity index (χ2n) is 3.83. The van der Waals surface area contributed by atoms with Crippen molar-refractivity contribution in [1.29, 1.82) is 0 Å². The predicted molar refractivity (Wildman–Crippen MR) is 53.9 cm³/mol. The number of rotatable bonds is 3. The van der Waals surface area contributed by atoms with Crippen molar-refractivity contribution in [3.8, 4) is 0 Å². The molecule has 0 aromatic carbocycles. The van der Waals surface area contributed by atoms with Gasteiger partial charge >= 0.3 is 0 Å². The van der Waals surface area contributed by atoms with Crippen LogP contribution in [0.2, 0.25) is 0 Å². The van der Waals surface area contributed by atoms with Gasteiger partial charge in [0.15, 0.2) is 0 Å². The van der Waals surface area contributed by atoms with E-state index < -0.39 is 0 Å². The molecule has 2 fully saturated rings. The Bertz CT molecular complexity index is 203. The Morgan fingerprint density at radius 2 is 1.93 bits per heavy atom. The first kappa shape index (κ1) is 9.89. The van der Waals surface area contributed by atoms with E-state index in [0.29, 0.717) is 6.54 Å². The molecule has 0 aliphatic carbocycles. The van der Waals surface area contributed by atoms with E-state index >= 15 is 0 Å². The maximum atomic E-state index is 11.3. The van der Waals surface area contributed by atoms with Gasteiger partial charge in [0.2, 0.25) is 5.91 Å². The number of hydrogen-bond donors (Lipinski definition) is 2. The van der Waals surface area contributed by atoms with Crippen LogP contribution in [0.4, 0.5) is 0 Å². The van der Waals surface area contributed by atoms with Gasteiger partial charge in [-0.15, -0.1) is 0 Å². The van der Waals surface area contributed by atoms with Crippen molar-refractivity contribution in [2.24, 2.45) is 0 Å². The summed E-state index contributed by atoms with van der Waals surface area (Å²) in [6, 6.07) is 0. The van der Waals surface area contributed by atoms with Crippen LogP contribution in [0.15, 0.2) is 0 Å². The van der Waals surface area contributed by atoms with Crippen molar-refractivity contribution in [3.05, 3.63) is 0 Å². The molecular formula is C9H18N4O. The fourth-order valence-electron chi connectivity index (χ4n) is 1.90. The van der Waals surface area contributed by atoms with Crippen molar-refractivity contribution in [3.63, 3.8) is 0 Å². The topological polar surface area (TPSA) is 47.6 Å². The Labute approximate surface area is 84.4 Å². The second-order valence-corrected chi connectivity index (χ2v) is 3.83. The Hall–Kier alpha value is -0.650. The summed E-state index contributed by atoms with van der Waals surface area (Å²) in [6.07, 6.45) is 0. The molecule has 2 aliphatic heterocycles. The minimum atomic E-state index is 0.236. The minimum absolute atomic E-state index is 0.236. The first-order valence-electron chi connectivity index (χ1n) is 5.28. The van der Waals surface area contributed by atoms with Crippen molar-refractivity contribution >= 4 is 5.91 Å². The number of nitrogens with one attached hydrogen (secondary N) is 2. The maximum absolute atomic E-state index is 11.3. The Kier molecular flexibility index (Phi) is 3.34. The molecule has 2 rings (SSSR count). The summed E-state index contributed by atoms with van der Waals surface area (Å²) >= 11 is 0. The molecule has 5 nitrogen and oxygen atoms in total. The average Bonchev–Trinajstić information content (AvgIpc) is 2.63. The highest BCUT2D eigenvalue weighted by molar-refractivity contribution is 5.79. The molecule has 5 heteroatoms. The van der Waals surface area contributed by atoms with Crippen molar-refractivity contribution in [1.82, 2.24) is 20.4 Å². The number of hydrogen-bond acceptors (Lipinski definition) is 4. The highest BCUT2D eigenvalue weighted by atomic mass is 16.2. The van der Waals surface area contributed by atoms with Gasteiger partial charge < -0.3 is 10.2 Å². The highest BCUT2D eigenvalue weighted by Gasteiger charge is 2.20. The maximum Gasteiger partial charge on any atom is 0.237 e. The molecule has 0 atom stereocenters. The second kappa shape index (κ2) is 4.72. The Balaban J connectivity index is 1.68. The van der Waals surface area contributed by atoms with E-state index in [1.807, 2.05) is 4.90 Å². The van der Waals surface area contributed by atoms with Crippen LogP contribution in [0, 0.1) is 0 Å². The number of amides is 1. The van der Waals surface area contributed by atoms with Gasteiger partial charge in [-0.2, -0.15) is 0 Å². The zero-order valence-electron chi connectivity index (χ0n) is 8.46. The summed E-state index contributed by atoms with van der Waals surface area (Å²) < 4.78 is 0. The van der Waals surface area contributed by atoms with Crippen LogP contribution < -0.4 is 10.6 Å². The molecule has 1 amide bonds. The smallest absolute Gasteiger partial charge is 0.237 e. The standard InChI is InChI=1S/C9H18N4O/c14-9-7-11-8-13(9)6-5-12-3-1-10-2-4-12/h10-11H,1-8H2. The highest BCUT2D eigenvalue weighted by Crippen LogP contribution is 1.97. The van der Waals surface area contributed by atoms with E-state index in [9.17, 15) is 4.79 Å². The molecule has 0 aromatic heterocycles. The number of carbonyl (C=O) groups is 1. The van der Waals surface area contributed by atoms with E-state index in [2.05, 4.69) is 15.5 Å². The van der Waals surface area contributed by atoms with Gasteiger partial charge in [0.05, 0.1) is 13.2 Å². The first-order valence-corrected chi connectivity index (χ1v) is 5.28. The molecule has 0 radical (unpaired) electrons. The van der Waals surface area contributed by atoms with Crippen molar-refractivity contribution < 1.29 is 4.79 Å². The quantitative estimate of drug-likeness (QED) is 0.566. The molecular weight excluding hydrogens is 180 g/mol. The minimum Gasteiger partial charge on any atom is -0.328 e. The van der Waals surface area contributed by atoms with Gasteiger partial charge in [0, 0.05) is 39.3 Å². The lowest BCUT2D eigenvalue weighted by Crippen LogP contribution is -2.46. The van der Waals surface area contributed by atoms with Gasteiger partial charge in [-0.25, -0.2) is 0 Å². The Morgan fingerprint density at radius 3 is 2.57 bits per heavy atom. The Morgan fingerprint density at radius 1 is 1.14 bits per heavy atom. The monoisotopic (exact) mass is 198 g/mol. The molecule has 0 unspecified atom stereocenters. The van der Waals surface area contributed by atoms with Crippen LogP contribution in [0.3, 0.4) is 0 Å². The lowest BCUT2D eigenvalue weighted by Gasteiger charge is -2.28. The van der Waals surface area contributed by atoms with Gasteiger partial charge in [0.1, 0.15) is 0 Å². The van der Waals surface area contributed by atoms with Crippen molar-refractivity contribution in [2.75, 3.05) is 52.5 Å². The zero-order valence-corrected chi connectivity index (χ0v) is 8.46. The number of piperazine rings is 1. The van der Waals surface area contributed by atoms with E-state index in [-0.39, 0.29) is 5.91 Å². The molecule has 2 aliphatic rings. The molecule has 0 saturated carbocycles. The van der Waals surface area contributed by atoms with Gasteiger partial charge in [-0.3, -0.25) is 15.0 Å². The van der Waals surface area contributed by atoms with Gasteiger partial charge in [-0.1, -0.05) is 0 Å². The fraction of sp³-hybridized carbons (Fsp3) is 0.889. The lowest BCUT2D eigenvalue weighted by atomic mass is 10.3. The molecule has 2 heterocycles. The molecule has 2 saturated heterocycles. The molecule has 80 valence electrons. The molecule has 14 heavy (non-hydrogen) atoms. The van der Waals surface area contributed by atoms with Gasteiger partial charge in [0.25, 0.3) is 0 Å². The van der Waals surface area contributed by atoms with E-state index in [0.717, 1.165) is 45.9 Å². The largest absolute Gasteiger partial charge is 0.328 e. The van der Waals surface area contributed by atoms with Crippen LogP contribution in [-0.2, 0) is 4.79 Å². The SMILES string of the molecule is O=C1CNCN1CCN1CCNCC1. The summed E-state index contributed by atoms with van der Waals surface area (Å²) in [5.41, 5.74) is 0.